The Morgan fingerprint density at radius 2 is 1.42 bits per heavy atom. The van der Waals surface area contributed by atoms with Gasteiger partial charge >= 0.3 is 0 Å². The molecule has 4 nitrogen and oxygen atoms in total. The van der Waals surface area contributed by atoms with Crippen LogP contribution in [0, 0.1) is 20.8 Å². The third kappa shape index (κ3) is 2.38. The van der Waals surface area contributed by atoms with Crippen LogP contribution in [0.5, 0.6) is 0 Å². The van der Waals surface area contributed by atoms with E-state index in [0.717, 1.165) is 33.5 Å². The smallest absolute Gasteiger partial charge is 0.0917 e. The quantitative estimate of drug-likeness (QED) is 0.662. The summed E-state index contributed by atoms with van der Waals surface area (Å²) in [5.41, 5.74) is 5.24. The molecule has 0 saturated carbocycles. The molecule has 0 N–H and O–H groups in total. The van der Waals surface area contributed by atoms with Crippen molar-refractivity contribution in [3.05, 3.63) is 34.9 Å². The summed E-state index contributed by atoms with van der Waals surface area (Å²) in [4.78, 5) is 0. The van der Waals surface area contributed by atoms with Gasteiger partial charge in [-0.25, -0.2) is 0 Å². The molecule has 0 aliphatic carbocycles. The number of benzene rings is 2. The SMILES string of the molecule is CN=Nc1cc2c(C)c(N=NC)c(C)cc2cc1C. The summed E-state index contributed by atoms with van der Waals surface area (Å²) in [6, 6.07) is 6.36. The van der Waals surface area contributed by atoms with Crippen LogP contribution in [0.15, 0.2) is 38.7 Å². The van der Waals surface area contributed by atoms with Crippen LogP contribution in [0.3, 0.4) is 0 Å². The Bertz CT molecular complexity index is 679. The summed E-state index contributed by atoms with van der Waals surface area (Å²) < 4.78 is 0. The fourth-order valence-corrected chi connectivity index (χ4v) is 2.36. The number of rotatable bonds is 2. The van der Waals surface area contributed by atoms with Gasteiger partial charge in [0, 0.05) is 14.1 Å². The summed E-state index contributed by atoms with van der Waals surface area (Å²) in [6.07, 6.45) is 0. The third-order valence-electron chi connectivity index (χ3n) is 3.28. The van der Waals surface area contributed by atoms with Crippen molar-refractivity contribution in [3.63, 3.8) is 0 Å². The predicted molar refractivity (Wildman–Crippen MR) is 79.0 cm³/mol. The van der Waals surface area contributed by atoms with E-state index in [9.17, 15) is 0 Å². The van der Waals surface area contributed by atoms with Crippen LogP contribution < -0.4 is 0 Å². The van der Waals surface area contributed by atoms with Gasteiger partial charge in [0.15, 0.2) is 0 Å². The van der Waals surface area contributed by atoms with Gasteiger partial charge in [-0.3, -0.25) is 0 Å². The van der Waals surface area contributed by atoms with Crippen molar-refractivity contribution in [3.8, 4) is 0 Å². The van der Waals surface area contributed by atoms with E-state index in [1.165, 1.54) is 5.39 Å². The maximum Gasteiger partial charge on any atom is 0.0917 e. The first-order chi connectivity index (χ1) is 9.08. The lowest BCUT2D eigenvalue weighted by molar-refractivity contribution is 1.14. The standard InChI is InChI=1S/C15H18N4/c1-9-6-12-7-10(2)15(19-17-5)11(3)13(12)8-14(9)18-16-4/h6-8H,1-5H3. The van der Waals surface area contributed by atoms with Gasteiger partial charge in [-0.15, -0.1) is 0 Å². The van der Waals surface area contributed by atoms with Crippen LogP contribution >= 0.6 is 0 Å². The van der Waals surface area contributed by atoms with Gasteiger partial charge in [-0.1, -0.05) is 0 Å². The lowest BCUT2D eigenvalue weighted by atomic mass is 9.97. The van der Waals surface area contributed by atoms with E-state index in [1.807, 2.05) is 6.92 Å². The summed E-state index contributed by atoms with van der Waals surface area (Å²) in [6.45, 7) is 6.18. The third-order valence-corrected chi connectivity index (χ3v) is 3.28. The van der Waals surface area contributed by atoms with E-state index in [2.05, 4.69) is 52.5 Å². The first kappa shape index (κ1) is 13.3. The van der Waals surface area contributed by atoms with E-state index in [4.69, 9.17) is 0 Å². The molecule has 0 fully saturated rings. The minimum atomic E-state index is 0.904. The van der Waals surface area contributed by atoms with Crippen molar-refractivity contribution in [2.45, 2.75) is 20.8 Å². The molecule has 98 valence electrons. The largest absolute Gasteiger partial charge is 0.192 e. The fourth-order valence-electron chi connectivity index (χ4n) is 2.36. The summed E-state index contributed by atoms with van der Waals surface area (Å²) >= 11 is 0. The van der Waals surface area contributed by atoms with Gasteiger partial charge in [-0.05, 0) is 66.4 Å². The van der Waals surface area contributed by atoms with E-state index in [0.29, 0.717) is 0 Å². The lowest BCUT2D eigenvalue weighted by Crippen LogP contribution is -1.86. The molecule has 0 heterocycles. The molecule has 0 aromatic heterocycles. The zero-order chi connectivity index (χ0) is 14.0. The minimum Gasteiger partial charge on any atom is -0.192 e. The van der Waals surface area contributed by atoms with Crippen molar-refractivity contribution in [2.75, 3.05) is 14.1 Å². The van der Waals surface area contributed by atoms with Gasteiger partial charge in [0.2, 0.25) is 0 Å². The van der Waals surface area contributed by atoms with Gasteiger partial charge in [-0.2, -0.15) is 20.5 Å². The molecule has 0 unspecified atom stereocenters. The average Bonchev–Trinajstić information content (AvgIpc) is 2.37. The van der Waals surface area contributed by atoms with E-state index < -0.39 is 0 Å². The molecule has 0 aliphatic heterocycles. The molecule has 0 bridgehead atoms. The van der Waals surface area contributed by atoms with Crippen molar-refractivity contribution in [2.24, 2.45) is 20.5 Å². The monoisotopic (exact) mass is 254 g/mol. The maximum atomic E-state index is 4.22. The summed E-state index contributed by atoms with van der Waals surface area (Å²) in [7, 11) is 3.37. The first-order valence-electron chi connectivity index (χ1n) is 6.22. The summed E-state index contributed by atoms with van der Waals surface area (Å²) in [5, 5.41) is 18.5. The first-order valence-corrected chi connectivity index (χ1v) is 6.22. The zero-order valence-corrected chi connectivity index (χ0v) is 12.0. The normalized spacial score (nSPS) is 12.1. The summed E-state index contributed by atoms with van der Waals surface area (Å²) in [5.74, 6) is 0. The second kappa shape index (κ2) is 5.26. The van der Waals surface area contributed by atoms with Crippen molar-refractivity contribution >= 4 is 22.1 Å². The number of azo groups is 2. The molecular weight excluding hydrogens is 236 g/mol. The van der Waals surface area contributed by atoms with Crippen molar-refractivity contribution < 1.29 is 0 Å². The van der Waals surface area contributed by atoms with Crippen LogP contribution in [0.2, 0.25) is 0 Å². The highest BCUT2D eigenvalue weighted by molar-refractivity contribution is 5.93. The van der Waals surface area contributed by atoms with Crippen LogP contribution in [-0.2, 0) is 0 Å². The Labute approximate surface area is 113 Å². The van der Waals surface area contributed by atoms with Crippen molar-refractivity contribution in [1.82, 2.24) is 0 Å². The van der Waals surface area contributed by atoms with Crippen molar-refractivity contribution in [1.29, 1.82) is 0 Å². The number of aryl methyl sites for hydroxylation is 3. The lowest BCUT2D eigenvalue weighted by Gasteiger charge is -2.10. The molecule has 2 aromatic rings. The van der Waals surface area contributed by atoms with Crippen LogP contribution in [0.25, 0.3) is 10.8 Å². The number of hydrogen-bond donors (Lipinski definition) is 0. The van der Waals surface area contributed by atoms with Gasteiger partial charge in [0.1, 0.15) is 0 Å². The highest BCUT2D eigenvalue weighted by atomic mass is 15.1. The van der Waals surface area contributed by atoms with E-state index in [-0.39, 0.29) is 0 Å². The molecule has 2 aromatic carbocycles. The minimum absolute atomic E-state index is 0.904. The highest BCUT2D eigenvalue weighted by Gasteiger charge is 2.09. The van der Waals surface area contributed by atoms with Crippen LogP contribution in [0.4, 0.5) is 11.4 Å². The van der Waals surface area contributed by atoms with Crippen LogP contribution in [-0.4, -0.2) is 14.1 Å². The average molecular weight is 254 g/mol. The Morgan fingerprint density at radius 1 is 0.789 bits per heavy atom. The maximum absolute atomic E-state index is 4.22. The molecule has 0 saturated heterocycles. The molecule has 0 amide bonds. The second-order valence-corrected chi connectivity index (χ2v) is 4.63. The Kier molecular flexibility index (Phi) is 3.69. The molecule has 2 rings (SSSR count). The number of hydrogen-bond acceptors (Lipinski definition) is 4. The molecule has 0 aliphatic rings. The second-order valence-electron chi connectivity index (χ2n) is 4.63. The Morgan fingerprint density at radius 3 is 2.05 bits per heavy atom. The van der Waals surface area contributed by atoms with Gasteiger partial charge < -0.3 is 0 Å². The molecule has 4 heteroatoms. The zero-order valence-electron chi connectivity index (χ0n) is 12.0. The Hall–Kier alpha value is -2.10. The molecule has 0 spiro atoms. The van der Waals surface area contributed by atoms with Crippen LogP contribution in [0.1, 0.15) is 16.7 Å². The van der Waals surface area contributed by atoms with Gasteiger partial charge in [0.05, 0.1) is 11.4 Å². The molecular formula is C15H18N4. The predicted octanol–water partition coefficient (Wildman–Crippen LogP) is 5.19. The van der Waals surface area contributed by atoms with E-state index in [1.54, 1.807) is 14.1 Å². The van der Waals surface area contributed by atoms with Gasteiger partial charge in [0.25, 0.3) is 0 Å². The number of fused-ring (bicyclic) bond motifs is 1. The fraction of sp³-hybridized carbons (Fsp3) is 0.333. The topological polar surface area (TPSA) is 49.4 Å². The Balaban J connectivity index is 2.83. The van der Waals surface area contributed by atoms with E-state index >= 15 is 0 Å². The molecule has 19 heavy (non-hydrogen) atoms. The molecule has 0 atom stereocenters. The highest BCUT2D eigenvalue weighted by Crippen LogP contribution is 2.35. The molecule has 0 radical (unpaired) electrons. The number of nitrogens with zero attached hydrogens (tertiary/aromatic N) is 4.